The van der Waals surface area contributed by atoms with Crippen LogP contribution in [0.25, 0.3) is 0 Å². The first-order chi connectivity index (χ1) is 6.72. The van der Waals surface area contributed by atoms with Crippen LogP contribution >= 0.6 is 15.9 Å². The third-order valence-corrected chi connectivity index (χ3v) is 3.77. The Bertz CT molecular complexity index is 336. The molecule has 1 aromatic carbocycles. The van der Waals surface area contributed by atoms with Gasteiger partial charge in [0.1, 0.15) is 11.6 Å². The number of ether oxygens (including phenoxy) is 1. The largest absolute Gasteiger partial charge is 0.496 e. The summed E-state index contributed by atoms with van der Waals surface area (Å²) in [5.41, 5.74) is 0.926. The standard InChI is InChI=1S/C11H12BrFO/c1-14-10-5-4-8(13)6-9(10)11(12)7-2-3-7/h4-7,11H,2-3H2,1H3. The molecule has 0 bridgehead atoms. The van der Waals surface area contributed by atoms with Gasteiger partial charge in [-0.3, -0.25) is 0 Å². The van der Waals surface area contributed by atoms with Crippen molar-refractivity contribution in [3.05, 3.63) is 29.6 Å². The van der Waals surface area contributed by atoms with E-state index in [2.05, 4.69) is 15.9 Å². The van der Waals surface area contributed by atoms with E-state index in [1.54, 1.807) is 19.2 Å². The highest BCUT2D eigenvalue weighted by Crippen LogP contribution is 2.48. The average Bonchev–Trinajstić information content (AvgIpc) is 3.00. The van der Waals surface area contributed by atoms with E-state index < -0.39 is 0 Å². The Morgan fingerprint density at radius 2 is 2.21 bits per heavy atom. The van der Waals surface area contributed by atoms with Gasteiger partial charge in [-0.05, 0) is 37.0 Å². The molecule has 0 spiro atoms. The first-order valence-electron chi connectivity index (χ1n) is 4.70. The summed E-state index contributed by atoms with van der Waals surface area (Å²) in [5, 5.41) is 0. The predicted molar refractivity (Wildman–Crippen MR) is 57.3 cm³/mol. The first kappa shape index (κ1) is 9.97. The molecular weight excluding hydrogens is 247 g/mol. The molecular formula is C11H12BrFO. The van der Waals surface area contributed by atoms with Crippen molar-refractivity contribution in [3.8, 4) is 5.75 Å². The summed E-state index contributed by atoms with van der Waals surface area (Å²) in [4.78, 5) is 0.230. The van der Waals surface area contributed by atoms with E-state index in [4.69, 9.17) is 4.74 Å². The number of methoxy groups -OCH3 is 1. The molecule has 1 fully saturated rings. The molecule has 0 aromatic heterocycles. The second kappa shape index (κ2) is 3.89. The average molecular weight is 259 g/mol. The SMILES string of the molecule is COc1ccc(F)cc1C(Br)C1CC1. The Hall–Kier alpha value is -0.570. The molecule has 0 N–H and O–H groups in total. The topological polar surface area (TPSA) is 9.23 Å². The van der Waals surface area contributed by atoms with Crippen LogP contribution in [-0.2, 0) is 0 Å². The molecule has 1 atom stereocenters. The number of hydrogen-bond acceptors (Lipinski definition) is 1. The van der Waals surface area contributed by atoms with Crippen molar-refractivity contribution in [1.82, 2.24) is 0 Å². The van der Waals surface area contributed by atoms with Gasteiger partial charge < -0.3 is 4.74 Å². The Balaban J connectivity index is 2.32. The van der Waals surface area contributed by atoms with Gasteiger partial charge >= 0.3 is 0 Å². The lowest BCUT2D eigenvalue weighted by Crippen LogP contribution is -1.97. The number of alkyl halides is 1. The third-order valence-electron chi connectivity index (χ3n) is 2.52. The molecule has 1 nitrogen and oxygen atoms in total. The maximum Gasteiger partial charge on any atom is 0.123 e. The lowest BCUT2D eigenvalue weighted by atomic mass is 10.1. The van der Waals surface area contributed by atoms with E-state index in [-0.39, 0.29) is 10.6 Å². The third kappa shape index (κ3) is 1.92. The van der Waals surface area contributed by atoms with Gasteiger partial charge in [0, 0.05) is 10.4 Å². The molecule has 0 radical (unpaired) electrons. The van der Waals surface area contributed by atoms with Gasteiger partial charge in [0.05, 0.1) is 7.11 Å². The number of halogens is 2. The van der Waals surface area contributed by atoms with E-state index >= 15 is 0 Å². The monoisotopic (exact) mass is 258 g/mol. The smallest absolute Gasteiger partial charge is 0.123 e. The van der Waals surface area contributed by atoms with Crippen molar-refractivity contribution >= 4 is 15.9 Å². The van der Waals surface area contributed by atoms with Crippen LogP contribution in [0.2, 0.25) is 0 Å². The second-order valence-electron chi connectivity index (χ2n) is 3.63. The van der Waals surface area contributed by atoms with E-state index in [1.165, 1.54) is 18.9 Å². The summed E-state index contributed by atoms with van der Waals surface area (Å²) >= 11 is 3.59. The maximum absolute atomic E-state index is 13.1. The van der Waals surface area contributed by atoms with Crippen LogP contribution in [0.5, 0.6) is 5.75 Å². The van der Waals surface area contributed by atoms with Gasteiger partial charge in [0.15, 0.2) is 0 Å². The predicted octanol–water partition coefficient (Wildman–Crippen LogP) is 3.68. The van der Waals surface area contributed by atoms with Gasteiger partial charge in [-0.15, -0.1) is 0 Å². The Labute approximate surface area is 91.4 Å². The first-order valence-corrected chi connectivity index (χ1v) is 5.61. The fraction of sp³-hybridized carbons (Fsp3) is 0.455. The van der Waals surface area contributed by atoms with Crippen molar-refractivity contribution < 1.29 is 9.13 Å². The van der Waals surface area contributed by atoms with Crippen molar-refractivity contribution in [2.45, 2.75) is 17.7 Å². The molecule has 0 heterocycles. The van der Waals surface area contributed by atoms with Crippen LogP contribution in [0.1, 0.15) is 23.2 Å². The summed E-state index contributed by atoms with van der Waals surface area (Å²) in [5.74, 6) is 1.21. The quantitative estimate of drug-likeness (QED) is 0.752. The molecule has 1 saturated carbocycles. The Morgan fingerprint density at radius 1 is 1.50 bits per heavy atom. The molecule has 1 aliphatic rings. The highest BCUT2D eigenvalue weighted by Gasteiger charge is 2.32. The highest BCUT2D eigenvalue weighted by atomic mass is 79.9. The minimum atomic E-state index is -0.203. The van der Waals surface area contributed by atoms with Crippen LogP contribution in [0, 0.1) is 11.7 Å². The van der Waals surface area contributed by atoms with Crippen LogP contribution in [-0.4, -0.2) is 7.11 Å². The summed E-state index contributed by atoms with van der Waals surface area (Å²) in [6.45, 7) is 0. The number of rotatable bonds is 3. The summed E-state index contributed by atoms with van der Waals surface area (Å²) < 4.78 is 18.3. The fourth-order valence-corrected chi connectivity index (χ4v) is 2.45. The molecule has 0 aliphatic heterocycles. The molecule has 2 rings (SSSR count). The highest BCUT2D eigenvalue weighted by molar-refractivity contribution is 9.09. The summed E-state index contributed by atoms with van der Waals surface area (Å²) in [7, 11) is 1.61. The molecule has 3 heteroatoms. The maximum atomic E-state index is 13.1. The molecule has 14 heavy (non-hydrogen) atoms. The zero-order valence-electron chi connectivity index (χ0n) is 7.97. The van der Waals surface area contributed by atoms with Gasteiger partial charge in [-0.2, -0.15) is 0 Å². The number of hydrogen-bond donors (Lipinski definition) is 0. The molecule has 76 valence electrons. The van der Waals surface area contributed by atoms with Gasteiger partial charge in [0.25, 0.3) is 0 Å². The molecule has 0 saturated heterocycles. The Morgan fingerprint density at radius 3 is 2.79 bits per heavy atom. The minimum Gasteiger partial charge on any atom is -0.496 e. The van der Waals surface area contributed by atoms with E-state index in [0.717, 1.165) is 11.3 Å². The number of benzene rings is 1. The van der Waals surface area contributed by atoms with Crippen molar-refractivity contribution in [2.75, 3.05) is 7.11 Å². The normalized spacial score (nSPS) is 17.9. The van der Waals surface area contributed by atoms with Gasteiger partial charge in [-0.1, -0.05) is 15.9 Å². The second-order valence-corrected chi connectivity index (χ2v) is 4.61. The molecule has 1 aromatic rings. The summed E-state index contributed by atoms with van der Waals surface area (Å²) in [6, 6.07) is 4.66. The molecule has 1 aliphatic carbocycles. The van der Waals surface area contributed by atoms with E-state index in [0.29, 0.717) is 5.92 Å². The van der Waals surface area contributed by atoms with Crippen LogP contribution in [0.4, 0.5) is 4.39 Å². The molecule has 1 unspecified atom stereocenters. The van der Waals surface area contributed by atoms with E-state index in [9.17, 15) is 4.39 Å². The van der Waals surface area contributed by atoms with Crippen LogP contribution in [0.15, 0.2) is 18.2 Å². The van der Waals surface area contributed by atoms with Crippen LogP contribution in [0.3, 0.4) is 0 Å². The zero-order chi connectivity index (χ0) is 10.1. The molecule has 0 amide bonds. The summed E-state index contributed by atoms with van der Waals surface area (Å²) in [6.07, 6.45) is 2.44. The van der Waals surface area contributed by atoms with Gasteiger partial charge in [-0.25, -0.2) is 4.39 Å². The van der Waals surface area contributed by atoms with Gasteiger partial charge in [0.2, 0.25) is 0 Å². The minimum absolute atomic E-state index is 0.203. The van der Waals surface area contributed by atoms with Crippen LogP contribution < -0.4 is 4.74 Å². The Kier molecular flexibility index (Phi) is 2.77. The fourth-order valence-electron chi connectivity index (χ4n) is 1.56. The van der Waals surface area contributed by atoms with Crippen molar-refractivity contribution in [3.63, 3.8) is 0 Å². The lowest BCUT2D eigenvalue weighted by Gasteiger charge is -2.13. The van der Waals surface area contributed by atoms with Crippen molar-refractivity contribution in [2.24, 2.45) is 5.92 Å². The van der Waals surface area contributed by atoms with E-state index in [1.807, 2.05) is 0 Å². The lowest BCUT2D eigenvalue weighted by molar-refractivity contribution is 0.407. The van der Waals surface area contributed by atoms with Crippen molar-refractivity contribution in [1.29, 1.82) is 0 Å². The zero-order valence-corrected chi connectivity index (χ0v) is 9.55.